The van der Waals surface area contributed by atoms with Crippen molar-refractivity contribution in [2.75, 3.05) is 45.8 Å². The third-order valence-electron chi connectivity index (χ3n) is 3.72. The lowest BCUT2D eigenvalue weighted by molar-refractivity contribution is 0.0952. The zero-order valence-electron chi connectivity index (χ0n) is 12.2. The van der Waals surface area contributed by atoms with Crippen molar-refractivity contribution in [3.05, 3.63) is 19.2 Å². The van der Waals surface area contributed by atoms with Crippen molar-refractivity contribution < 1.29 is 4.79 Å². The molecule has 21 heavy (non-hydrogen) atoms. The number of thiophene rings is 1. The van der Waals surface area contributed by atoms with Gasteiger partial charge in [-0.1, -0.05) is 6.92 Å². The number of nitrogens with zero attached hydrogens (tertiary/aromatic N) is 2. The molecule has 1 saturated heterocycles. The number of halogens is 2. The van der Waals surface area contributed by atoms with Crippen LogP contribution in [0.4, 0.5) is 0 Å². The Kier molecular flexibility index (Phi) is 7.15. The molecule has 1 N–H and O–H groups in total. The monoisotopic (exact) mass is 437 g/mol. The van der Waals surface area contributed by atoms with Crippen LogP contribution >= 0.6 is 43.2 Å². The molecule has 0 bridgehead atoms. The van der Waals surface area contributed by atoms with E-state index in [2.05, 4.69) is 53.9 Å². The highest BCUT2D eigenvalue weighted by Gasteiger charge is 2.15. The summed E-state index contributed by atoms with van der Waals surface area (Å²) in [7, 11) is 0. The lowest BCUT2D eigenvalue weighted by Crippen LogP contribution is -2.46. The van der Waals surface area contributed by atoms with Gasteiger partial charge < -0.3 is 15.1 Å². The first-order chi connectivity index (χ1) is 10.1. The van der Waals surface area contributed by atoms with Crippen molar-refractivity contribution >= 4 is 49.1 Å². The summed E-state index contributed by atoms with van der Waals surface area (Å²) in [6.07, 6.45) is 1.01. The van der Waals surface area contributed by atoms with Gasteiger partial charge in [0.05, 0.1) is 8.66 Å². The summed E-state index contributed by atoms with van der Waals surface area (Å²) >= 11 is 8.27. The Morgan fingerprint density at radius 2 is 1.95 bits per heavy atom. The first-order valence-electron chi connectivity index (χ1n) is 7.28. The van der Waals surface area contributed by atoms with Crippen molar-refractivity contribution in [3.63, 3.8) is 0 Å². The van der Waals surface area contributed by atoms with Gasteiger partial charge in [-0.25, -0.2) is 0 Å². The fourth-order valence-electron chi connectivity index (χ4n) is 2.38. The van der Waals surface area contributed by atoms with Gasteiger partial charge in [-0.3, -0.25) is 4.79 Å². The Labute approximate surface area is 147 Å². The molecule has 0 unspecified atom stereocenters. The van der Waals surface area contributed by atoms with Crippen molar-refractivity contribution in [1.29, 1.82) is 0 Å². The quantitative estimate of drug-likeness (QED) is 0.693. The van der Waals surface area contributed by atoms with Crippen LogP contribution in [0.3, 0.4) is 0 Å². The highest BCUT2D eigenvalue weighted by Crippen LogP contribution is 2.32. The van der Waals surface area contributed by atoms with E-state index in [4.69, 9.17) is 0 Å². The van der Waals surface area contributed by atoms with Crippen LogP contribution in [-0.2, 0) is 0 Å². The van der Waals surface area contributed by atoms with Gasteiger partial charge in [-0.05, 0) is 57.4 Å². The molecule has 1 aliphatic heterocycles. The predicted octanol–water partition coefficient (Wildman–Crippen LogP) is 3.03. The molecule has 0 saturated carbocycles. The van der Waals surface area contributed by atoms with Gasteiger partial charge in [0.2, 0.25) is 0 Å². The molecule has 118 valence electrons. The van der Waals surface area contributed by atoms with E-state index < -0.39 is 0 Å². The number of nitrogens with one attached hydrogen (secondary N) is 1. The third kappa shape index (κ3) is 5.32. The van der Waals surface area contributed by atoms with E-state index in [0.29, 0.717) is 0 Å². The molecule has 2 rings (SSSR count). The lowest BCUT2D eigenvalue weighted by atomic mass is 10.3. The summed E-state index contributed by atoms with van der Waals surface area (Å²) < 4.78 is 1.90. The largest absolute Gasteiger partial charge is 0.351 e. The van der Waals surface area contributed by atoms with Crippen LogP contribution in [0.5, 0.6) is 0 Å². The standard InChI is InChI=1S/C14H21Br2N3OS/c1-2-18-6-8-19(9-7-18)5-3-4-17-14(20)12-10-11(15)13(16)21-12/h10H,2-9H2,1H3,(H,17,20). The maximum atomic E-state index is 12.0. The molecule has 1 amide bonds. The van der Waals surface area contributed by atoms with Crippen molar-refractivity contribution in [2.45, 2.75) is 13.3 Å². The van der Waals surface area contributed by atoms with E-state index in [1.54, 1.807) is 0 Å². The molecular weight excluding hydrogens is 418 g/mol. The SMILES string of the molecule is CCN1CCN(CCCNC(=O)c2cc(Br)c(Br)s2)CC1. The van der Waals surface area contributed by atoms with E-state index in [1.807, 2.05) is 6.07 Å². The number of hydrogen-bond acceptors (Lipinski definition) is 4. The average Bonchev–Trinajstić information content (AvgIpc) is 2.84. The Hall–Kier alpha value is 0.0500. The van der Waals surface area contributed by atoms with Crippen molar-refractivity contribution in [2.24, 2.45) is 0 Å². The fraction of sp³-hybridized carbons (Fsp3) is 0.643. The summed E-state index contributed by atoms with van der Waals surface area (Å²) in [6.45, 7) is 9.79. The Balaban J connectivity index is 1.62. The third-order valence-corrected chi connectivity index (χ3v) is 6.97. The van der Waals surface area contributed by atoms with Crippen LogP contribution < -0.4 is 5.32 Å². The number of rotatable bonds is 6. The molecular formula is C14H21Br2N3OS. The number of carbonyl (C=O) groups excluding carboxylic acids is 1. The lowest BCUT2D eigenvalue weighted by Gasteiger charge is -2.33. The molecule has 1 fully saturated rings. The molecule has 7 heteroatoms. The van der Waals surface area contributed by atoms with Crippen LogP contribution in [0.25, 0.3) is 0 Å². The van der Waals surface area contributed by atoms with Crippen LogP contribution in [0, 0.1) is 0 Å². The second-order valence-corrected chi connectivity index (χ2v) is 8.34. The highest BCUT2D eigenvalue weighted by atomic mass is 79.9. The van der Waals surface area contributed by atoms with Gasteiger partial charge in [-0.15, -0.1) is 11.3 Å². The van der Waals surface area contributed by atoms with Crippen LogP contribution in [0.2, 0.25) is 0 Å². The van der Waals surface area contributed by atoms with Gasteiger partial charge in [0.1, 0.15) is 0 Å². The number of hydrogen-bond donors (Lipinski definition) is 1. The molecule has 0 aliphatic carbocycles. The molecule has 0 spiro atoms. The van der Waals surface area contributed by atoms with Gasteiger partial charge in [0.25, 0.3) is 5.91 Å². The number of likely N-dealkylation sites (N-methyl/N-ethyl adjacent to an activating group) is 1. The number of piperazine rings is 1. The van der Waals surface area contributed by atoms with Gasteiger partial charge in [-0.2, -0.15) is 0 Å². The normalized spacial score (nSPS) is 17.1. The second kappa shape index (κ2) is 8.62. The molecule has 4 nitrogen and oxygen atoms in total. The Morgan fingerprint density at radius 3 is 2.52 bits per heavy atom. The van der Waals surface area contributed by atoms with Gasteiger partial charge >= 0.3 is 0 Å². The molecule has 0 atom stereocenters. The summed E-state index contributed by atoms with van der Waals surface area (Å²) in [4.78, 5) is 17.7. The smallest absolute Gasteiger partial charge is 0.261 e. The second-order valence-electron chi connectivity index (χ2n) is 5.12. The van der Waals surface area contributed by atoms with Crippen LogP contribution in [0.15, 0.2) is 14.3 Å². The first kappa shape index (κ1) is 17.4. The predicted molar refractivity (Wildman–Crippen MR) is 95.2 cm³/mol. The average molecular weight is 439 g/mol. The number of amides is 1. The molecule has 0 radical (unpaired) electrons. The molecule has 2 heterocycles. The first-order valence-corrected chi connectivity index (χ1v) is 9.68. The maximum absolute atomic E-state index is 12.0. The fourth-order valence-corrected chi connectivity index (χ4v) is 4.33. The number of carbonyl (C=O) groups is 1. The van der Waals surface area contributed by atoms with Gasteiger partial charge in [0.15, 0.2) is 0 Å². The maximum Gasteiger partial charge on any atom is 0.261 e. The van der Waals surface area contributed by atoms with E-state index in [1.165, 1.54) is 24.4 Å². The van der Waals surface area contributed by atoms with Crippen molar-refractivity contribution in [3.8, 4) is 0 Å². The minimum atomic E-state index is 0.0159. The van der Waals surface area contributed by atoms with Gasteiger partial charge in [0, 0.05) is 37.2 Å². The zero-order chi connectivity index (χ0) is 15.2. The van der Waals surface area contributed by atoms with Crippen molar-refractivity contribution in [1.82, 2.24) is 15.1 Å². The highest BCUT2D eigenvalue weighted by molar-refractivity contribution is 9.13. The molecule has 1 aromatic heterocycles. The summed E-state index contributed by atoms with van der Waals surface area (Å²) in [5, 5.41) is 2.99. The molecule has 1 aromatic rings. The van der Waals surface area contributed by atoms with E-state index >= 15 is 0 Å². The molecule has 1 aliphatic rings. The molecule has 0 aromatic carbocycles. The minimum Gasteiger partial charge on any atom is -0.351 e. The summed E-state index contributed by atoms with van der Waals surface area (Å²) in [5.41, 5.74) is 0. The Morgan fingerprint density at radius 1 is 1.29 bits per heavy atom. The summed E-state index contributed by atoms with van der Waals surface area (Å²) in [6, 6.07) is 1.86. The van der Waals surface area contributed by atoms with Crippen LogP contribution in [0.1, 0.15) is 23.0 Å². The minimum absolute atomic E-state index is 0.0159. The van der Waals surface area contributed by atoms with E-state index in [-0.39, 0.29) is 5.91 Å². The summed E-state index contributed by atoms with van der Waals surface area (Å²) in [5.74, 6) is 0.0159. The van der Waals surface area contributed by atoms with E-state index in [0.717, 1.165) is 52.3 Å². The zero-order valence-corrected chi connectivity index (χ0v) is 16.2. The van der Waals surface area contributed by atoms with E-state index in [9.17, 15) is 4.79 Å². The topological polar surface area (TPSA) is 35.6 Å². The Bertz CT molecular complexity index is 453. The van der Waals surface area contributed by atoms with Crippen LogP contribution in [-0.4, -0.2) is 61.5 Å².